The Morgan fingerprint density at radius 3 is 2.56 bits per heavy atom. The van der Waals surface area contributed by atoms with Crippen molar-refractivity contribution in [3.05, 3.63) is 71.4 Å². The number of carbonyl (C=O) groups is 1. The van der Waals surface area contributed by atoms with Crippen molar-refractivity contribution in [3.63, 3.8) is 0 Å². The van der Waals surface area contributed by atoms with Crippen molar-refractivity contribution in [1.82, 2.24) is 4.57 Å². The van der Waals surface area contributed by atoms with E-state index >= 15 is 0 Å². The van der Waals surface area contributed by atoms with Crippen LogP contribution in [0.4, 0.5) is 5.69 Å². The Morgan fingerprint density at radius 2 is 1.89 bits per heavy atom. The van der Waals surface area contributed by atoms with Gasteiger partial charge in [0.15, 0.2) is 0 Å². The number of carbonyl (C=O) groups excluding carboxylic acids is 1. The summed E-state index contributed by atoms with van der Waals surface area (Å²) in [7, 11) is 0. The molecule has 132 valence electrons. The van der Waals surface area contributed by atoms with Crippen LogP contribution < -0.4 is 5.32 Å². The molecule has 0 unspecified atom stereocenters. The number of nitrogens with one attached hydrogen (secondary N) is 1. The van der Waals surface area contributed by atoms with Crippen molar-refractivity contribution < 1.29 is 4.79 Å². The third kappa shape index (κ3) is 3.89. The standard InChI is InChI=1S/C22H18N4O/c1-2-16-7-9-19(10-8-16)25-22(27)17(14-24)13-18-15-26(12-11-23)21-6-4-3-5-20(18)21/h3-10,13,15H,2,12H2,1H3,(H,25,27). The van der Waals surface area contributed by atoms with E-state index < -0.39 is 5.91 Å². The van der Waals surface area contributed by atoms with Crippen LogP contribution in [-0.4, -0.2) is 10.5 Å². The zero-order valence-electron chi connectivity index (χ0n) is 14.9. The molecule has 1 amide bonds. The second-order valence-electron chi connectivity index (χ2n) is 6.06. The van der Waals surface area contributed by atoms with E-state index in [1.807, 2.05) is 54.6 Å². The van der Waals surface area contributed by atoms with Gasteiger partial charge >= 0.3 is 0 Å². The minimum absolute atomic E-state index is 0.00873. The molecule has 1 aromatic heterocycles. The highest BCUT2D eigenvalue weighted by Crippen LogP contribution is 2.24. The van der Waals surface area contributed by atoms with Crippen molar-refractivity contribution in [2.75, 3.05) is 5.32 Å². The Bertz CT molecular complexity index is 1090. The largest absolute Gasteiger partial charge is 0.333 e. The van der Waals surface area contributed by atoms with E-state index in [9.17, 15) is 10.1 Å². The Morgan fingerprint density at radius 1 is 1.15 bits per heavy atom. The Hall–Kier alpha value is -3.83. The molecule has 0 saturated heterocycles. The fourth-order valence-electron chi connectivity index (χ4n) is 2.92. The zero-order valence-corrected chi connectivity index (χ0v) is 14.9. The third-order valence-corrected chi connectivity index (χ3v) is 4.35. The van der Waals surface area contributed by atoms with E-state index in [0.717, 1.165) is 22.9 Å². The number of nitriles is 2. The molecule has 0 saturated carbocycles. The fraction of sp³-hybridized carbons (Fsp3) is 0.136. The molecule has 1 N–H and O–H groups in total. The molecule has 3 rings (SSSR count). The number of hydrogen-bond acceptors (Lipinski definition) is 3. The van der Waals surface area contributed by atoms with E-state index in [-0.39, 0.29) is 12.1 Å². The molecule has 2 aromatic carbocycles. The maximum absolute atomic E-state index is 12.5. The molecule has 1 heterocycles. The minimum Gasteiger partial charge on any atom is -0.333 e. The van der Waals surface area contributed by atoms with Crippen LogP contribution in [0.3, 0.4) is 0 Å². The van der Waals surface area contributed by atoms with Gasteiger partial charge in [0.25, 0.3) is 5.91 Å². The predicted molar refractivity (Wildman–Crippen MR) is 106 cm³/mol. The molecule has 0 spiro atoms. The Labute approximate surface area is 157 Å². The van der Waals surface area contributed by atoms with Crippen LogP contribution in [0.5, 0.6) is 0 Å². The van der Waals surface area contributed by atoms with E-state index in [0.29, 0.717) is 5.69 Å². The van der Waals surface area contributed by atoms with E-state index in [1.54, 1.807) is 16.8 Å². The lowest BCUT2D eigenvalue weighted by Crippen LogP contribution is -2.13. The SMILES string of the molecule is CCc1ccc(NC(=O)C(C#N)=Cc2cn(CC#N)c3ccccc23)cc1. The van der Waals surface area contributed by atoms with Gasteiger partial charge in [0.2, 0.25) is 0 Å². The summed E-state index contributed by atoms with van der Waals surface area (Å²) in [6, 6.07) is 19.2. The van der Waals surface area contributed by atoms with Gasteiger partial charge in [0, 0.05) is 28.4 Å². The highest BCUT2D eigenvalue weighted by molar-refractivity contribution is 6.10. The van der Waals surface area contributed by atoms with Crippen LogP contribution in [0, 0.1) is 22.7 Å². The van der Waals surface area contributed by atoms with Crippen molar-refractivity contribution in [2.24, 2.45) is 0 Å². The smallest absolute Gasteiger partial charge is 0.266 e. The van der Waals surface area contributed by atoms with Gasteiger partial charge in [-0.05, 0) is 36.3 Å². The molecule has 0 bridgehead atoms. The van der Waals surface area contributed by atoms with Crippen LogP contribution in [0.2, 0.25) is 0 Å². The number of aromatic nitrogens is 1. The van der Waals surface area contributed by atoms with Gasteiger partial charge in [0.1, 0.15) is 18.2 Å². The lowest BCUT2D eigenvalue weighted by Gasteiger charge is -2.05. The summed E-state index contributed by atoms with van der Waals surface area (Å²) in [5.74, 6) is -0.459. The van der Waals surface area contributed by atoms with Gasteiger partial charge in [0.05, 0.1) is 6.07 Å². The fourth-order valence-corrected chi connectivity index (χ4v) is 2.92. The van der Waals surface area contributed by atoms with E-state index in [1.165, 1.54) is 5.56 Å². The molecule has 0 atom stereocenters. The number of hydrogen-bond donors (Lipinski definition) is 1. The second-order valence-corrected chi connectivity index (χ2v) is 6.06. The first kappa shape index (κ1) is 18.0. The normalized spacial score (nSPS) is 11.0. The summed E-state index contributed by atoms with van der Waals surface area (Å²) < 4.78 is 1.80. The molecule has 0 fully saturated rings. The van der Waals surface area contributed by atoms with Crippen LogP contribution in [-0.2, 0) is 17.8 Å². The first-order valence-corrected chi connectivity index (χ1v) is 8.63. The topological polar surface area (TPSA) is 81.6 Å². The summed E-state index contributed by atoms with van der Waals surface area (Å²) in [6.45, 7) is 2.26. The lowest BCUT2D eigenvalue weighted by molar-refractivity contribution is -0.112. The molecule has 0 radical (unpaired) electrons. The molecular weight excluding hydrogens is 336 g/mol. The average molecular weight is 354 g/mol. The number of amides is 1. The molecular formula is C22H18N4O. The van der Waals surface area contributed by atoms with Gasteiger partial charge in [-0.25, -0.2) is 0 Å². The van der Waals surface area contributed by atoms with Gasteiger partial charge < -0.3 is 9.88 Å². The number of para-hydroxylation sites is 1. The predicted octanol–water partition coefficient (Wildman–Crippen LogP) is 4.27. The number of rotatable bonds is 5. The third-order valence-electron chi connectivity index (χ3n) is 4.35. The van der Waals surface area contributed by atoms with E-state index in [2.05, 4.69) is 18.3 Å². The first-order valence-electron chi connectivity index (χ1n) is 8.63. The highest BCUT2D eigenvalue weighted by Gasteiger charge is 2.12. The number of benzene rings is 2. The van der Waals surface area contributed by atoms with Gasteiger partial charge in [-0.15, -0.1) is 0 Å². The van der Waals surface area contributed by atoms with Gasteiger partial charge in [-0.1, -0.05) is 37.3 Å². The van der Waals surface area contributed by atoms with Crippen LogP contribution in [0.25, 0.3) is 17.0 Å². The maximum Gasteiger partial charge on any atom is 0.266 e. The zero-order chi connectivity index (χ0) is 19.2. The van der Waals surface area contributed by atoms with Crippen molar-refractivity contribution in [1.29, 1.82) is 10.5 Å². The van der Waals surface area contributed by atoms with Gasteiger partial charge in [-0.3, -0.25) is 4.79 Å². The van der Waals surface area contributed by atoms with Gasteiger partial charge in [-0.2, -0.15) is 10.5 Å². The molecule has 5 heteroatoms. The van der Waals surface area contributed by atoms with E-state index in [4.69, 9.17) is 5.26 Å². The second kappa shape index (κ2) is 8.03. The monoisotopic (exact) mass is 354 g/mol. The number of aryl methyl sites for hydroxylation is 1. The molecule has 3 aromatic rings. The number of fused-ring (bicyclic) bond motifs is 1. The van der Waals surface area contributed by atoms with Crippen LogP contribution in [0.15, 0.2) is 60.3 Å². The quantitative estimate of drug-likeness (QED) is 0.548. The molecule has 0 aliphatic carbocycles. The number of nitrogens with zero attached hydrogens (tertiary/aromatic N) is 3. The Kier molecular flexibility index (Phi) is 5.35. The number of anilines is 1. The molecule has 0 aliphatic heterocycles. The molecule has 5 nitrogen and oxygen atoms in total. The van der Waals surface area contributed by atoms with Crippen LogP contribution in [0.1, 0.15) is 18.1 Å². The summed E-state index contributed by atoms with van der Waals surface area (Å²) >= 11 is 0. The maximum atomic E-state index is 12.5. The van der Waals surface area contributed by atoms with Crippen molar-refractivity contribution in [3.8, 4) is 12.1 Å². The Balaban J connectivity index is 1.92. The summed E-state index contributed by atoms with van der Waals surface area (Å²) in [5.41, 5.74) is 3.45. The highest BCUT2D eigenvalue weighted by atomic mass is 16.1. The minimum atomic E-state index is -0.459. The van der Waals surface area contributed by atoms with Crippen LogP contribution >= 0.6 is 0 Å². The summed E-state index contributed by atoms with van der Waals surface area (Å²) in [5, 5.41) is 22.1. The molecule has 0 aliphatic rings. The first-order chi connectivity index (χ1) is 13.2. The lowest BCUT2D eigenvalue weighted by atomic mass is 10.1. The summed E-state index contributed by atoms with van der Waals surface area (Å²) in [6.07, 6.45) is 4.27. The average Bonchev–Trinajstić information content (AvgIpc) is 3.04. The summed E-state index contributed by atoms with van der Waals surface area (Å²) in [4.78, 5) is 12.5. The van der Waals surface area contributed by atoms with Crippen molar-refractivity contribution in [2.45, 2.75) is 19.9 Å². The molecule has 27 heavy (non-hydrogen) atoms. The van der Waals surface area contributed by atoms with Crippen molar-refractivity contribution >= 4 is 28.6 Å².